The van der Waals surface area contributed by atoms with E-state index in [1.54, 1.807) is 35.0 Å². The summed E-state index contributed by atoms with van der Waals surface area (Å²) in [5, 5.41) is 18.3. The van der Waals surface area contributed by atoms with Gasteiger partial charge in [0, 0.05) is 16.8 Å². The molecule has 11 heteroatoms. The van der Waals surface area contributed by atoms with E-state index in [-0.39, 0.29) is 16.4 Å². The van der Waals surface area contributed by atoms with Gasteiger partial charge in [0.15, 0.2) is 17.2 Å². The summed E-state index contributed by atoms with van der Waals surface area (Å²) in [7, 11) is -3.84. The van der Waals surface area contributed by atoms with Crippen LogP contribution in [0.3, 0.4) is 0 Å². The van der Waals surface area contributed by atoms with E-state index in [0.717, 1.165) is 11.3 Å². The first-order chi connectivity index (χ1) is 13.8. The summed E-state index contributed by atoms with van der Waals surface area (Å²) in [4.78, 5) is 4.23. The number of fused-ring (bicyclic) bond motifs is 1. The predicted molar refractivity (Wildman–Crippen MR) is 110 cm³/mol. The van der Waals surface area contributed by atoms with Gasteiger partial charge in [-0.05, 0) is 36.4 Å². The van der Waals surface area contributed by atoms with Crippen molar-refractivity contribution < 1.29 is 8.42 Å². The van der Waals surface area contributed by atoms with E-state index in [1.807, 2.05) is 12.1 Å². The van der Waals surface area contributed by atoms with E-state index in [0.29, 0.717) is 16.4 Å². The molecule has 0 aliphatic rings. The van der Waals surface area contributed by atoms with Gasteiger partial charge in [-0.1, -0.05) is 29.8 Å². The molecule has 29 heavy (non-hydrogen) atoms. The molecule has 9 nitrogen and oxygen atoms in total. The molecule has 0 bridgehead atoms. The van der Waals surface area contributed by atoms with Gasteiger partial charge in [-0.25, -0.2) is 23.1 Å². The molecule has 0 aliphatic heterocycles. The first-order valence-electron chi connectivity index (χ1n) is 8.27. The SMILES string of the molecule is Nc1nn2c(-c3ccc(Cl)cc3)ccnc2c1N=Nc1cccc(S(N)(=O)=O)c1. The number of anilines is 1. The molecule has 146 valence electrons. The Labute approximate surface area is 170 Å². The number of hydrogen-bond acceptors (Lipinski definition) is 7. The van der Waals surface area contributed by atoms with Gasteiger partial charge in [0.25, 0.3) is 0 Å². The zero-order valence-corrected chi connectivity index (χ0v) is 16.3. The topological polar surface area (TPSA) is 141 Å². The number of aromatic nitrogens is 3. The quantitative estimate of drug-likeness (QED) is 0.477. The third-order valence-electron chi connectivity index (χ3n) is 4.07. The summed E-state index contributed by atoms with van der Waals surface area (Å²) in [5.74, 6) is 0.130. The lowest BCUT2D eigenvalue weighted by Gasteiger charge is -2.04. The third kappa shape index (κ3) is 3.81. The second-order valence-electron chi connectivity index (χ2n) is 6.05. The Morgan fingerprint density at radius 2 is 1.79 bits per heavy atom. The minimum atomic E-state index is -3.84. The van der Waals surface area contributed by atoms with Crippen LogP contribution in [-0.2, 0) is 10.0 Å². The average molecular weight is 428 g/mol. The molecule has 2 heterocycles. The number of rotatable bonds is 4. The van der Waals surface area contributed by atoms with Gasteiger partial charge in [0.1, 0.15) is 0 Å². The third-order valence-corrected chi connectivity index (χ3v) is 5.23. The van der Waals surface area contributed by atoms with E-state index in [1.165, 1.54) is 18.2 Å². The maximum absolute atomic E-state index is 11.5. The number of nitrogen functional groups attached to an aromatic ring is 1. The van der Waals surface area contributed by atoms with E-state index in [9.17, 15) is 8.42 Å². The minimum Gasteiger partial charge on any atom is -0.380 e. The highest BCUT2D eigenvalue weighted by atomic mass is 35.5. The van der Waals surface area contributed by atoms with Crippen LogP contribution in [0.1, 0.15) is 0 Å². The van der Waals surface area contributed by atoms with Crippen molar-refractivity contribution in [3.63, 3.8) is 0 Å². The number of primary sulfonamides is 1. The highest BCUT2D eigenvalue weighted by Crippen LogP contribution is 2.31. The van der Waals surface area contributed by atoms with Crippen molar-refractivity contribution in [2.45, 2.75) is 4.90 Å². The molecule has 4 N–H and O–H groups in total. The predicted octanol–water partition coefficient (Wildman–Crippen LogP) is 3.69. The van der Waals surface area contributed by atoms with Crippen LogP contribution < -0.4 is 10.9 Å². The zero-order chi connectivity index (χ0) is 20.6. The van der Waals surface area contributed by atoms with Gasteiger partial charge in [-0.3, -0.25) is 0 Å². The first kappa shape index (κ1) is 19.0. The molecule has 0 saturated carbocycles. The van der Waals surface area contributed by atoms with Crippen molar-refractivity contribution in [2.75, 3.05) is 5.73 Å². The molecular formula is C18H14ClN7O2S. The highest BCUT2D eigenvalue weighted by Gasteiger charge is 2.15. The molecule has 2 aromatic carbocycles. The van der Waals surface area contributed by atoms with Crippen LogP contribution in [0, 0.1) is 0 Å². The Balaban J connectivity index is 1.78. The van der Waals surface area contributed by atoms with E-state index in [2.05, 4.69) is 20.3 Å². The van der Waals surface area contributed by atoms with Crippen LogP contribution in [0.25, 0.3) is 16.9 Å². The van der Waals surface area contributed by atoms with Gasteiger partial charge < -0.3 is 5.73 Å². The maximum atomic E-state index is 11.5. The Bertz CT molecular complexity index is 1350. The monoisotopic (exact) mass is 427 g/mol. The lowest BCUT2D eigenvalue weighted by molar-refractivity contribution is 0.598. The summed E-state index contributed by atoms with van der Waals surface area (Å²) in [6, 6.07) is 14.8. The van der Waals surface area contributed by atoms with Gasteiger partial charge in [-0.2, -0.15) is 5.11 Å². The Morgan fingerprint density at radius 3 is 2.52 bits per heavy atom. The molecule has 0 atom stereocenters. The summed E-state index contributed by atoms with van der Waals surface area (Å²) < 4.78 is 24.6. The number of azo groups is 1. The lowest BCUT2D eigenvalue weighted by Crippen LogP contribution is -2.11. The fourth-order valence-electron chi connectivity index (χ4n) is 2.72. The molecule has 2 aromatic heterocycles. The second kappa shape index (κ2) is 7.24. The molecule has 0 amide bonds. The van der Waals surface area contributed by atoms with Crippen molar-refractivity contribution in [2.24, 2.45) is 15.4 Å². The van der Waals surface area contributed by atoms with E-state index < -0.39 is 10.0 Å². The van der Waals surface area contributed by atoms with E-state index in [4.69, 9.17) is 22.5 Å². The fourth-order valence-corrected chi connectivity index (χ4v) is 3.39. The highest BCUT2D eigenvalue weighted by molar-refractivity contribution is 7.89. The average Bonchev–Trinajstić information content (AvgIpc) is 3.02. The largest absolute Gasteiger partial charge is 0.380 e. The molecule has 0 aliphatic carbocycles. The fraction of sp³-hybridized carbons (Fsp3) is 0. The van der Waals surface area contributed by atoms with Gasteiger partial charge in [0.2, 0.25) is 10.0 Å². The molecular weight excluding hydrogens is 414 g/mol. The van der Waals surface area contributed by atoms with Crippen molar-refractivity contribution in [3.05, 3.63) is 65.8 Å². The van der Waals surface area contributed by atoms with Crippen molar-refractivity contribution in [3.8, 4) is 11.3 Å². The number of sulfonamides is 1. The van der Waals surface area contributed by atoms with Gasteiger partial charge >= 0.3 is 0 Å². The number of hydrogen-bond donors (Lipinski definition) is 2. The van der Waals surface area contributed by atoms with Crippen LogP contribution in [-0.4, -0.2) is 23.0 Å². The van der Waals surface area contributed by atoms with Crippen LogP contribution in [0.5, 0.6) is 0 Å². The summed E-state index contributed by atoms with van der Waals surface area (Å²) in [5.41, 5.74) is 8.61. The van der Waals surface area contributed by atoms with Crippen LogP contribution in [0.2, 0.25) is 5.02 Å². The molecule has 0 radical (unpaired) electrons. The van der Waals surface area contributed by atoms with E-state index >= 15 is 0 Å². The van der Waals surface area contributed by atoms with Gasteiger partial charge in [0.05, 0.1) is 16.3 Å². The normalized spacial score (nSPS) is 12.1. The van der Waals surface area contributed by atoms with Crippen LogP contribution in [0.15, 0.2) is 75.9 Å². The second-order valence-corrected chi connectivity index (χ2v) is 8.05. The molecule has 4 rings (SSSR count). The molecule has 0 spiro atoms. The lowest BCUT2D eigenvalue weighted by atomic mass is 10.1. The number of nitrogens with two attached hydrogens (primary N) is 2. The van der Waals surface area contributed by atoms with Crippen LogP contribution in [0.4, 0.5) is 17.2 Å². The molecule has 0 fully saturated rings. The number of benzene rings is 2. The Hall–Kier alpha value is -3.34. The maximum Gasteiger partial charge on any atom is 0.238 e. The number of halogens is 1. The zero-order valence-electron chi connectivity index (χ0n) is 14.8. The van der Waals surface area contributed by atoms with Crippen molar-refractivity contribution in [1.82, 2.24) is 14.6 Å². The molecule has 4 aromatic rings. The minimum absolute atomic E-state index is 0.0649. The van der Waals surface area contributed by atoms with Crippen molar-refractivity contribution in [1.29, 1.82) is 0 Å². The standard InChI is InChI=1S/C18H14ClN7O2S/c19-12-6-4-11(5-7-12)15-8-9-22-18-16(17(20)25-26(15)18)24-23-13-2-1-3-14(10-13)29(21,27)28/h1-10H,(H2,20,25)(H2,21,27,28). The summed E-state index contributed by atoms with van der Waals surface area (Å²) >= 11 is 5.96. The smallest absolute Gasteiger partial charge is 0.238 e. The summed E-state index contributed by atoms with van der Waals surface area (Å²) in [6.07, 6.45) is 1.61. The molecule has 0 unspecified atom stereocenters. The Kier molecular flexibility index (Phi) is 4.74. The van der Waals surface area contributed by atoms with Gasteiger partial charge in [-0.15, -0.1) is 10.2 Å². The molecule has 0 saturated heterocycles. The first-order valence-corrected chi connectivity index (χ1v) is 10.2. The number of nitrogens with zero attached hydrogens (tertiary/aromatic N) is 5. The van der Waals surface area contributed by atoms with Crippen LogP contribution >= 0.6 is 11.6 Å². The summed E-state index contributed by atoms with van der Waals surface area (Å²) in [6.45, 7) is 0. The van der Waals surface area contributed by atoms with Crippen molar-refractivity contribution >= 4 is 44.5 Å². The Morgan fingerprint density at radius 1 is 1.03 bits per heavy atom.